The summed E-state index contributed by atoms with van der Waals surface area (Å²) in [5, 5.41) is 2.97. The number of nitrogens with zero attached hydrogens (tertiary/aromatic N) is 3. The summed E-state index contributed by atoms with van der Waals surface area (Å²) >= 11 is 0. The SMILES string of the molecule is CCCC(=O)NCCCCCc1nc2ccccc2n1CC(=O)N(Cc1ccccc1)C(C)C. The number of aromatic nitrogens is 2. The van der Waals surface area contributed by atoms with Gasteiger partial charge in [0.05, 0.1) is 11.0 Å². The Bertz CT molecular complexity index is 1060. The number of rotatable bonds is 13. The van der Waals surface area contributed by atoms with Crippen molar-refractivity contribution in [3.8, 4) is 0 Å². The van der Waals surface area contributed by atoms with Crippen LogP contribution < -0.4 is 5.32 Å². The number of para-hydroxylation sites is 2. The number of nitrogens with one attached hydrogen (secondary N) is 1. The molecule has 34 heavy (non-hydrogen) atoms. The lowest BCUT2D eigenvalue weighted by molar-refractivity contribution is -0.134. The second kappa shape index (κ2) is 12.9. The second-order valence-electron chi connectivity index (χ2n) is 9.11. The number of hydrogen-bond acceptors (Lipinski definition) is 3. The van der Waals surface area contributed by atoms with Crippen LogP contribution in [0, 0.1) is 0 Å². The fourth-order valence-electron chi connectivity index (χ4n) is 4.19. The molecule has 0 aliphatic rings. The minimum absolute atomic E-state index is 0.0990. The molecular formula is C28H38N4O2. The molecule has 0 bridgehead atoms. The summed E-state index contributed by atoms with van der Waals surface area (Å²) in [5.74, 6) is 1.18. The van der Waals surface area contributed by atoms with E-state index in [1.807, 2.05) is 54.3 Å². The molecular weight excluding hydrogens is 424 g/mol. The Morgan fingerprint density at radius 1 is 1.00 bits per heavy atom. The summed E-state index contributed by atoms with van der Waals surface area (Å²) in [6.45, 7) is 7.74. The summed E-state index contributed by atoms with van der Waals surface area (Å²) in [6.07, 6.45) is 5.21. The average Bonchev–Trinajstić information content (AvgIpc) is 3.17. The van der Waals surface area contributed by atoms with Crippen LogP contribution in [0.15, 0.2) is 54.6 Å². The average molecular weight is 463 g/mol. The Kier molecular flexibility index (Phi) is 9.68. The highest BCUT2D eigenvalue weighted by Crippen LogP contribution is 2.19. The molecule has 0 atom stereocenters. The van der Waals surface area contributed by atoms with E-state index in [1.165, 1.54) is 0 Å². The van der Waals surface area contributed by atoms with Crippen molar-refractivity contribution in [1.29, 1.82) is 0 Å². The van der Waals surface area contributed by atoms with E-state index < -0.39 is 0 Å². The van der Waals surface area contributed by atoms with Crippen LogP contribution in [0.5, 0.6) is 0 Å². The summed E-state index contributed by atoms with van der Waals surface area (Å²) < 4.78 is 2.08. The molecule has 0 fully saturated rings. The van der Waals surface area contributed by atoms with Crippen molar-refractivity contribution < 1.29 is 9.59 Å². The van der Waals surface area contributed by atoms with Crippen LogP contribution in [-0.4, -0.2) is 38.9 Å². The summed E-state index contributed by atoms with van der Waals surface area (Å²) in [4.78, 5) is 31.8. The van der Waals surface area contributed by atoms with E-state index >= 15 is 0 Å². The number of carbonyl (C=O) groups excluding carboxylic acids is 2. The second-order valence-corrected chi connectivity index (χ2v) is 9.11. The molecule has 3 aromatic rings. The van der Waals surface area contributed by atoms with Crippen molar-refractivity contribution in [2.24, 2.45) is 0 Å². The first-order chi connectivity index (χ1) is 16.5. The van der Waals surface area contributed by atoms with E-state index in [4.69, 9.17) is 4.98 Å². The van der Waals surface area contributed by atoms with Gasteiger partial charge in [0.2, 0.25) is 11.8 Å². The Balaban J connectivity index is 1.65. The standard InChI is InChI=1S/C28H38N4O2/c1-4-13-27(33)29-19-12-6-9-18-26-30-24-16-10-11-17-25(24)32(26)21-28(34)31(22(2)3)20-23-14-7-5-8-15-23/h5,7-8,10-11,14-17,22H,4,6,9,12-13,18-21H2,1-3H3,(H,29,33). The fraction of sp³-hybridized carbons (Fsp3) is 0.464. The monoisotopic (exact) mass is 462 g/mol. The summed E-state index contributed by atoms with van der Waals surface area (Å²) in [6, 6.07) is 18.3. The first-order valence-corrected chi connectivity index (χ1v) is 12.5. The number of amides is 2. The van der Waals surface area contributed by atoms with Gasteiger partial charge in [0.25, 0.3) is 0 Å². The third kappa shape index (κ3) is 7.17. The molecule has 0 aliphatic carbocycles. The van der Waals surface area contributed by atoms with Gasteiger partial charge in [-0.05, 0) is 50.8 Å². The quantitative estimate of drug-likeness (QED) is 0.359. The molecule has 0 radical (unpaired) electrons. The van der Waals surface area contributed by atoms with Gasteiger partial charge in [0, 0.05) is 32.0 Å². The highest BCUT2D eigenvalue weighted by Gasteiger charge is 2.20. The smallest absolute Gasteiger partial charge is 0.243 e. The maximum absolute atomic E-state index is 13.4. The zero-order chi connectivity index (χ0) is 24.3. The maximum atomic E-state index is 13.4. The predicted molar refractivity (Wildman–Crippen MR) is 137 cm³/mol. The first kappa shape index (κ1) is 25.5. The fourth-order valence-corrected chi connectivity index (χ4v) is 4.19. The molecule has 3 rings (SSSR count). The molecule has 182 valence electrons. The largest absolute Gasteiger partial charge is 0.356 e. The van der Waals surface area contributed by atoms with Crippen LogP contribution in [-0.2, 0) is 29.1 Å². The number of benzene rings is 2. The van der Waals surface area contributed by atoms with Crippen LogP contribution in [0.3, 0.4) is 0 Å². The van der Waals surface area contributed by atoms with Gasteiger partial charge in [-0.2, -0.15) is 0 Å². The number of carbonyl (C=O) groups is 2. The van der Waals surface area contributed by atoms with Gasteiger partial charge < -0.3 is 14.8 Å². The topological polar surface area (TPSA) is 67.2 Å². The highest BCUT2D eigenvalue weighted by molar-refractivity contribution is 5.81. The molecule has 2 amide bonds. The summed E-state index contributed by atoms with van der Waals surface area (Å²) in [7, 11) is 0. The third-order valence-electron chi connectivity index (χ3n) is 6.04. The summed E-state index contributed by atoms with van der Waals surface area (Å²) in [5.41, 5.74) is 3.06. The molecule has 1 aromatic heterocycles. The van der Waals surface area contributed by atoms with Gasteiger partial charge >= 0.3 is 0 Å². The minimum atomic E-state index is 0.0990. The molecule has 0 unspecified atom stereocenters. The van der Waals surface area contributed by atoms with E-state index in [1.54, 1.807) is 0 Å². The predicted octanol–water partition coefficient (Wildman–Crippen LogP) is 5.10. The normalized spacial score (nSPS) is 11.2. The van der Waals surface area contributed by atoms with E-state index in [0.29, 0.717) is 13.0 Å². The Labute approximate surface area is 203 Å². The van der Waals surface area contributed by atoms with Crippen molar-refractivity contribution in [2.45, 2.75) is 78.4 Å². The zero-order valence-electron chi connectivity index (χ0n) is 20.8. The van der Waals surface area contributed by atoms with Crippen LogP contribution in [0.25, 0.3) is 11.0 Å². The van der Waals surface area contributed by atoms with Crippen LogP contribution in [0.1, 0.15) is 64.3 Å². The number of hydrogen-bond donors (Lipinski definition) is 1. The van der Waals surface area contributed by atoms with Crippen LogP contribution >= 0.6 is 0 Å². The van der Waals surface area contributed by atoms with Crippen molar-refractivity contribution in [1.82, 2.24) is 19.8 Å². The van der Waals surface area contributed by atoms with Gasteiger partial charge in [-0.3, -0.25) is 9.59 Å². The Hall–Kier alpha value is -3.15. The van der Waals surface area contributed by atoms with Crippen molar-refractivity contribution >= 4 is 22.8 Å². The Morgan fingerprint density at radius 3 is 2.47 bits per heavy atom. The maximum Gasteiger partial charge on any atom is 0.243 e. The van der Waals surface area contributed by atoms with Crippen LogP contribution in [0.2, 0.25) is 0 Å². The number of fused-ring (bicyclic) bond motifs is 1. The highest BCUT2D eigenvalue weighted by atomic mass is 16.2. The van der Waals surface area contributed by atoms with E-state index in [0.717, 1.165) is 61.1 Å². The first-order valence-electron chi connectivity index (χ1n) is 12.5. The molecule has 6 nitrogen and oxygen atoms in total. The van der Waals surface area contributed by atoms with E-state index in [-0.39, 0.29) is 24.4 Å². The van der Waals surface area contributed by atoms with E-state index in [9.17, 15) is 9.59 Å². The number of aryl methyl sites for hydroxylation is 1. The van der Waals surface area contributed by atoms with Crippen molar-refractivity contribution in [3.05, 3.63) is 66.0 Å². The van der Waals surface area contributed by atoms with Gasteiger partial charge in [-0.15, -0.1) is 0 Å². The molecule has 0 saturated heterocycles. The lowest BCUT2D eigenvalue weighted by Crippen LogP contribution is -2.38. The molecule has 0 spiro atoms. The molecule has 2 aromatic carbocycles. The number of imidazole rings is 1. The molecule has 0 aliphatic heterocycles. The van der Waals surface area contributed by atoms with Gasteiger partial charge in [0.15, 0.2) is 0 Å². The Morgan fingerprint density at radius 2 is 1.74 bits per heavy atom. The van der Waals surface area contributed by atoms with Gasteiger partial charge in [0.1, 0.15) is 12.4 Å². The molecule has 1 heterocycles. The van der Waals surface area contributed by atoms with Crippen molar-refractivity contribution in [2.75, 3.05) is 6.54 Å². The number of unbranched alkanes of at least 4 members (excludes halogenated alkanes) is 2. The third-order valence-corrected chi connectivity index (χ3v) is 6.04. The molecule has 0 saturated carbocycles. The van der Waals surface area contributed by atoms with E-state index in [2.05, 4.69) is 35.9 Å². The van der Waals surface area contributed by atoms with Crippen LogP contribution in [0.4, 0.5) is 0 Å². The lowest BCUT2D eigenvalue weighted by Gasteiger charge is -2.27. The van der Waals surface area contributed by atoms with Gasteiger partial charge in [-0.1, -0.05) is 55.8 Å². The molecule has 1 N–H and O–H groups in total. The minimum Gasteiger partial charge on any atom is -0.356 e. The van der Waals surface area contributed by atoms with Crippen molar-refractivity contribution in [3.63, 3.8) is 0 Å². The molecule has 6 heteroatoms. The zero-order valence-corrected chi connectivity index (χ0v) is 20.8. The van der Waals surface area contributed by atoms with Gasteiger partial charge in [-0.25, -0.2) is 4.98 Å². The lowest BCUT2D eigenvalue weighted by atomic mass is 10.1.